The molecular formula is C23H21ClN6O2S. The smallest absolute Gasteiger partial charge is 0.262 e. The Hall–Kier alpha value is -3.35. The molecule has 1 atom stereocenters. The highest BCUT2D eigenvalue weighted by Crippen LogP contribution is 2.27. The molecule has 0 aliphatic rings. The number of anilines is 1. The van der Waals surface area contributed by atoms with Crippen molar-refractivity contribution in [3.63, 3.8) is 0 Å². The average molecular weight is 481 g/mol. The summed E-state index contributed by atoms with van der Waals surface area (Å²) >= 11 is 7.31. The molecular weight excluding hydrogens is 460 g/mol. The number of hydrogen-bond acceptors (Lipinski definition) is 6. The van der Waals surface area contributed by atoms with Crippen LogP contribution in [0.3, 0.4) is 0 Å². The highest BCUT2D eigenvalue weighted by atomic mass is 35.5. The molecule has 0 aliphatic carbocycles. The number of rotatable bonds is 7. The first kappa shape index (κ1) is 22.8. The fraction of sp³-hybridized carbons (Fsp3) is 0.261. The van der Waals surface area contributed by atoms with Gasteiger partial charge in [0.1, 0.15) is 6.07 Å². The molecule has 2 heterocycles. The predicted octanol–water partition coefficient (Wildman–Crippen LogP) is 4.49. The number of hydrogen-bond donors (Lipinski definition) is 1. The summed E-state index contributed by atoms with van der Waals surface area (Å²) in [5.74, 6) is 0.210. The Labute approximate surface area is 199 Å². The maximum absolute atomic E-state index is 13.0. The lowest BCUT2D eigenvalue weighted by atomic mass is 10.2. The molecule has 1 amide bonds. The molecule has 2 aromatic carbocycles. The molecule has 33 heavy (non-hydrogen) atoms. The number of para-hydroxylation sites is 1. The topological polar surface area (TPSA) is 105 Å². The zero-order valence-electron chi connectivity index (χ0n) is 18.1. The van der Waals surface area contributed by atoms with Gasteiger partial charge in [0.25, 0.3) is 5.56 Å². The van der Waals surface area contributed by atoms with Gasteiger partial charge in [-0.05, 0) is 43.7 Å². The second-order valence-electron chi connectivity index (χ2n) is 7.50. The summed E-state index contributed by atoms with van der Waals surface area (Å²) in [6, 6.07) is 14.1. The fourth-order valence-corrected chi connectivity index (χ4v) is 4.55. The highest BCUT2D eigenvalue weighted by Gasteiger charge is 2.21. The summed E-state index contributed by atoms with van der Waals surface area (Å²) in [6.07, 6.45) is 1.78. The number of amides is 1. The number of nitriles is 1. The molecule has 4 rings (SSSR count). The molecule has 4 aromatic rings. The zero-order valence-corrected chi connectivity index (χ0v) is 19.7. The van der Waals surface area contributed by atoms with E-state index in [0.717, 1.165) is 12.8 Å². The van der Waals surface area contributed by atoms with E-state index in [0.29, 0.717) is 39.6 Å². The van der Waals surface area contributed by atoms with Gasteiger partial charge in [-0.2, -0.15) is 5.26 Å². The van der Waals surface area contributed by atoms with Crippen LogP contribution in [0.2, 0.25) is 5.02 Å². The number of thioether (sulfide) groups is 1. The van der Waals surface area contributed by atoms with Gasteiger partial charge in [-0.25, -0.2) is 0 Å². The minimum absolute atomic E-state index is 0.0982. The molecule has 8 nitrogen and oxygen atoms in total. The number of carbonyl (C=O) groups is 1. The van der Waals surface area contributed by atoms with Crippen molar-refractivity contribution in [1.29, 1.82) is 5.26 Å². The monoisotopic (exact) mass is 480 g/mol. The molecule has 2 aromatic heterocycles. The third-order valence-electron chi connectivity index (χ3n) is 5.22. The average Bonchev–Trinajstić information content (AvgIpc) is 3.22. The molecule has 0 saturated heterocycles. The van der Waals surface area contributed by atoms with Gasteiger partial charge in [-0.15, -0.1) is 10.2 Å². The molecule has 0 spiro atoms. The molecule has 1 N–H and O–H groups in total. The van der Waals surface area contributed by atoms with Crippen LogP contribution in [0.25, 0.3) is 16.7 Å². The predicted molar refractivity (Wildman–Crippen MR) is 130 cm³/mol. The Morgan fingerprint density at radius 1 is 1.27 bits per heavy atom. The molecule has 10 heteroatoms. The zero-order chi connectivity index (χ0) is 23.5. The second kappa shape index (κ2) is 9.65. The first-order valence-electron chi connectivity index (χ1n) is 10.5. The maximum Gasteiger partial charge on any atom is 0.262 e. The van der Waals surface area contributed by atoms with E-state index in [4.69, 9.17) is 16.9 Å². The molecule has 1 unspecified atom stereocenters. The molecule has 0 radical (unpaired) electrons. The number of aromatic nitrogens is 4. The van der Waals surface area contributed by atoms with Crippen molar-refractivity contribution < 1.29 is 4.79 Å². The Bertz CT molecular complexity index is 1460. The summed E-state index contributed by atoms with van der Waals surface area (Å²) < 4.78 is 3.48. The standard InChI is InChI=1S/C23H21ClN6O2S/c1-3-4-11-29-21(32)17-7-5-6-8-19(17)30-22(29)27-28-23(30)33-14(2)20(31)26-16-10-9-15(13-25)18(24)12-16/h5-10,12,14H,3-4,11H2,1-2H3,(H,26,31). The largest absolute Gasteiger partial charge is 0.325 e. The molecule has 0 saturated carbocycles. The minimum atomic E-state index is -0.512. The summed E-state index contributed by atoms with van der Waals surface area (Å²) in [6.45, 7) is 4.37. The Balaban J connectivity index is 1.67. The lowest BCUT2D eigenvalue weighted by Gasteiger charge is -2.13. The summed E-state index contributed by atoms with van der Waals surface area (Å²) in [5, 5.41) is 21.3. The van der Waals surface area contributed by atoms with Gasteiger partial charge in [0.15, 0.2) is 5.16 Å². The number of unbranched alkanes of at least 4 members (excludes halogenated alkanes) is 1. The van der Waals surface area contributed by atoms with E-state index in [9.17, 15) is 9.59 Å². The van der Waals surface area contributed by atoms with E-state index in [1.165, 1.54) is 11.8 Å². The van der Waals surface area contributed by atoms with Crippen LogP contribution >= 0.6 is 23.4 Å². The van der Waals surface area contributed by atoms with Crippen LogP contribution < -0.4 is 10.9 Å². The van der Waals surface area contributed by atoms with E-state index >= 15 is 0 Å². The number of aryl methyl sites for hydroxylation is 1. The van der Waals surface area contributed by atoms with E-state index in [-0.39, 0.29) is 16.5 Å². The van der Waals surface area contributed by atoms with Crippen LogP contribution in [0, 0.1) is 11.3 Å². The SMILES string of the molecule is CCCCn1c(=O)c2ccccc2n2c(SC(C)C(=O)Nc3ccc(C#N)c(Cl)c3)nnc12. The van der Waals surface area contributed by atoms with E-state index < -0.39 is 5.25 Å². The van der Waals surface area contributed by atoms with Gasteiger partial charge in [0.05, 0.1) is 26.7 Å². The summed E-state index contributed by atoms with van der Waals surface area (Å²) in [5.41, 5.74) is 1.44. The van der Waals surface area contributed by atoms with Gasteiger partial charge in [-0.1, -0.05) is 48.8 Å². The second-order valence-corrected chi connectivity index (χ2v) is 9.22. The van der Waals surface area contributed by atoms with Crippen LogP contribution in [0.4, 0.5) is 5.69 Å². The first-order chi connectivity index (χ1) is 15.9. The van der Waals surface area contributed by atoms with Crippen LogP contribution in [0.1, 0.15) is 32.3 Å². The lowest BCUT2D eigenvalue weighted by molar-refractivity contribution is -0.115. The van der Waals surface area contributed by atoms with Crippen LogP contribution in [0.15, 0.2) is 52.4 Å². The highest BCUT2D eigenvalue weighted by molar-refractivity contribution is 8.00. The van der Waals surface area contributed by atoms with Crippen molar-refractivity contribution in [3.05, 3.63) is 63.4 Å². The summed E-state index contributed by atoms with van der Waals surface area (Å²) in [4.78, 5) is 25.9. The van der Waals surface area contributed by atoms with Crippen molar-refractivity contribution in [2.24, 2.45) is 0 Å². The quantitative estimate of drug-likeness (QED) is 0.391. The number of nitrogens with one attached hydrogen (secondary N) is 1. The number of nitrogens with zero attached hydrogens (tertiary/aromatic N) is 5. The van der Waals surface area contributed by atoms with E-state index in [1.807, 2.05) is 28.7 Å². The Kier molecular flexibility index (Phi) is 6.67. The molecule has 168 valence electrons. The summed E-state index contributed by atoms with van der Waals surface area (Å²) in [7, 11) is 0. The number of halogens is 1. The van der Waals surface area contributed by atoms with Crippen molar-refractivity contribution in [2.45, 2.75) is 43.6 Å². The van der Waals surface area contributed by atoms with Crippen molar-refractivity contribution in [3.8, 4) is 6.07 Å². The van der Waals surface area contributed by atoms with Crippen molar-refractivity contribution >= 4 is 51.6 Å². The van der Waals surface area contributed by atoms with Gasteiger partial charge in [0.2, 0.25) is 11.7 Å². The molecule has 0 bridgehead atoms. The number of fused-ring (bicyclic) bond motifs is 3. The number of carbonyl (C=O) groups excluding carboxylic acids is 1. The Morgan fingerprint density at radius 2 is 2.06 bits per heavy atom. The maximum atomic E-state index is 13.0. The number of benzene rings is 2. The van der Waals surface area contributed by atoms with Crippen LogP contribution in [-0.4, -0.2) is 30.3 Å². The van der Waals surface area contributed by atoms with E-state index in [2.05, 4.69) is 22.4 Å². The fourth-order valence-electron chi connectivity index (χ4n) is 3.47. The third-order valence-corrected chi connectivity index (χ3v) is 6.58. The Morgan fingerprint density at radius 3 is 2.79 bits per heavy atom. The lowest BCUT2D eigenvalue weighted by Crippen LogP contribution is -2.24. The van der Waals surface area contributed by atoms with Gasteiger partial charge in [-0.3, -0.25) is 18.6 Å². The third kappa shape index (κ3) is 4.45. The van der Waals surface area contributed by atoms with Crippen molar-refractivity contribution in [1.82, 2.24) is 19.2 Å². The normalized spacial score (nSPS) is 12.1. The molecule has 0 fully saturated rings. The molecule has 0 aliphatic heterocycles. The van der Waals surface area contributed by atoms with Gasteiger partial charge >= 0.3 is 0 Å². The van der Waals surface area contributed by atoms with Crippen LogP contribution in [-0.2, 0) is 11.3 Å². The minimum Gasteiger partial charge on any atom is -0.325 e. The van der Waals surface area contributed by atoms with E-state index in [1.54, 1.807) is 35.8 Å². The van der Waals surface area contributed by atoms with Gasteiger partial charge in [0, 0.05) is 12.2 Å². The van der Waals surface area contributed by atoms with Crippen LogP contribution in [0.5, 0.6) is 0 Å². The van der Waals surface area contributed by atoms with Gasteiger partial charge < -0.3 is 5.32 Å². The first-order valence-corrected chi connectivity index (χ1v) is 11.7. The van der Waals surface area contributed by atoms with Crippen molar-refractivity contribution in [2.75, 3.05) is 5.32 Å².